The van der Waals surface area contributed by atoms with Crippen LogP contribution in [0, 0.1) is 11.3 Å². The van der Waals surface area contributed by atoms with Crippen LogP contribution in [0.3, 0.4) is 0 Å². The Balaban J connectivity index is 3.10. The highest BCUT2D eigenvalue weighted by molar-refractivity contribution is 5.98. The fourth-order valence-corrected chi connectivity index (χ4v) is 1.88. The van der Waals surface area contributed by atoms with Crippen molar-refractivity contribution in [2.24, 2.45) is 0 Å². The Labute approximate surface area is 124 Å². The molecule has 0 radical (unpaired) electrons. The summed E-state index contributed by atoms with van der Waals surface area (Å²) >= 11 is 0. The fraction of sp³-hybridized carbons (Fsp3) is 0.467. The predicted octanol–water partition coefficient (Wildman–Crippen LogP) is 2.13. The summed E-state index contributed by atoms with van der Waals surface area (Å²) in [4.78, 5) is 12.3. The van der Waals surface area contributed by atoms with Crippen molar-refractivity contribution >= 4 is 5.91 Å². The lowest BCUT2D eigenvalue weighted by Crippen LogP contribution is -2.34. The quantitative estimate of drug-likeness (QED) is 0.832. The standard InChI is InChI=1S/C15H20N2O4/c1-5-10(6-7-16)17-15(18)11-8-13(20-3)14(21-4)9-12(11)19-2/h8-10H,5-6H2,1-4H3,(H,17,18). The lowest BCUT2D eigenvalue weighted by molar-refractivity contribution is 0.0933. The van der Waals surface area contributed by atoms with Gasteiger partial charge in [-0.3, -0.25) is 4.79 Å². The van der Waals surface area contributed by atoms with Gasteiger partial charge in [0.05, 0.1) is 39.4 Å². The molecule has 1 aromatic rings. The van der Waals surface area contributed by atoms with Crippen molar-refractivity contribution in [3.8, 4) is 23.3 Å². The number of amides is 1. The first kappa shape index (κ1) is 16.6. The Morgan fingerprint density at radius 1 is 1.19 bits per heavy atom. The SMILES string of the molecule is CCC(CC#N)NC(=O)c1cc(OC)c(OC)cc1OC. The molecule has 0 aliphatic heterocycles. The van der Waals surface area contributed by atoms with Crippen LogP contribution in [0.1, 0.15) is 30.1 Å². The van der Waals surface area contributed by atoms with Crippen LogP contribution < -0.4 is 19.5 Å². The minimum absolute atomic E-state index is 0.194. The molecule has 1 unspecified atom stereocenters. The Kier molecular flexibility index (Phi) is 6.34. The number of nitrogens with zero attached hydrogens (tertiary/aromatic N) is 1. The number of benzene rings is 1. The summed E-state index contributed by atoms with van der Waals surface area (Å²) in [5, 5.41) is 11.5. The molecule has 0 fully saturated rings. The van der Waals surface area contributed by atoms with Gasteiger partial charge in [0.1, 0.15) is 5.75 Å². The van der Waals surface area contributed by atoms with Crippen molar-refractivity contribution in [1.82, 2.24) is 5.32 Å². The first-order valence-corrected chi connectivity index (χ1v) is 6.59. The summed E-state index contributed by atoms with van der Waals surface area (Å²) in [5.74, 6) is 0.999. The summed E-state index contributed by atoms with van der Waals surface area (Å²) in [6.45, 7) is 1.91. The smallest absolute Gasteiger partial charge is 0.255 e. The molecular weight excluding hydrogens is 272 g/mol. The molecule has 1 atom stereocenters. The predicted molar refractivity (Wildman–Crippen MR) is 77.9 cm³/mol. The van der Waals surface area contributed by atoms with E-state index in [0.717, 1.165) is 0 Å². The van der Waals surface area contributed by atoms with E-state index in [1.807, 2.05) is 6.92 Å². The van der Waals surface area contributed by atoms with Gasteiger partial charge in [-0.15, -0.1) is 0 Å². The van der Waals surface area contributed by atoms with Crippen LogP contribution in [0.5, 0.6) is 17.2 Å². The zero-order valence-electron chi connectivity index (χ0n) is 12.7. The van der Waals surface area contributed by atoms with Gasteiger partial charge in [0.25, 0.3) is 5.91 Å². The van der Waals surface area contributed by atoms with E-state index in [2.05, 4.69) is 11.4 Å². The maximum atomic E-state index is 12.3. The number of carbonyl (C=O) groups excluding carboxylic acids is 1. The van der Waals surface area contributed by atoms with Gasteiger partial charge in [0, 0.05) is 18.2 Å². The number of nitriles is 1. The number of hydrogen-bond acceptors (Lipinski definition) is 5. The second kappa shape index (κ2) is 8.00. The zero-order valence-corrected chi connectivity index (χ0v) is 12.7. The van der Waals surface area contributed by atoms with Crippen LogP contribution >= 0.6 is 0 Å². The van der Waals surface area contributed by atoms with Crippen LogP contribution in [0.25, 0.3) is 0 Å². The summed E-state index contributed by atoms with van der Waals surface area (Å²) < 4.78 is 15.6. The van der Waals surface area contributed by atoms with Crippen molar-refractivity contribution in [3.63, 3.8) is 0 Å². The highest BCUT2D eigenvalue weighted by Crippen LogP contribution is 2.34. The van der Waals surface area contributed by atoms with E-state index in [1.54, 1.807) is 12.1 Å². The molecule has 6 heteroatoms. The van der Waals surface area contributed by atoms with Crippen LogP contribution in [-0.4, -0.2) is 33.3 Å². The highest BCUT2D eigenvalue weighted by Gasteiger charge is 2.19. The molecular formula is C15H20N2O4. The minimum Gasteiger partial charge on any atom is -0.496 e. The summed E-state index contributed by atoms with van der Waals surface area (Å²) in [5.41, 5.74) is 0.339. The highest BCUT2D eigenvalue weighted by atomic mass is 16.5. The second-order valence-corrected chi connectivity index (χ2v) is 4.35. The first-order valence-electron chi connectivity index (χ1n) is 6.59. The second-order valence-electron chi connectivity index (χ2n) is 4.35. The average Bonchev–Trinajstić information content (AvgIpc) is 2.52. The number of rotatable bonds is 7. The fourth-order valence-electron chi connectivity index (χ4n) is 1.88. The molecule has 0 aliphatic carbocycles. The maximum absolute atomic E-state index is 12.3. The van der Waals surface area contributed by atoms with Crippen molar-refractivity contribution in [2.45, 2.75) is 25.8 Å². The van der Waals surface area contributed by atoms with Crippen molar-refractivity contribution < 1.29 is 19.0 Å². The number of methoxy groups -OCH3 is 3. The van der Waals surface area contributed by atoms with E-state index >= 15 is 0 Å². The molecule has 1 amide bonds. The summed E-state index contributed by atoms with van der Waals surface area (Å²) in [7, 11) is 4.48. The summed E-state index contributed by atoms with van der Waals surface area (Å²) in [6.07, 6.45) is 0.937. The molecule has 0 bridgehead atoms. The van der Waals surface area contributed by atoms with Gasteiger partial charge in [-0.2, -0.15) is 5.26 Å². The van der Waals surface area contributed by atoms with Gasteiger partial charge < -0.3 is 19.5 Å². The Hall–Kier alpha value is -2.42. The number of ether oxygens (including phenoxy) is 3. The van der Waals surface area contributed by atoms with Crippen LogP contribution in [0.15, 0.2) is 12.1 Å². The molecule has 1 rings (SSSR count). The van der Waals surface area contributed by atoms with E-state index in [1.165, 1.54) is 21.3 Å². The van der Waals surface area contributed by atoms with Gasteiger partial charge >= 0.3 is 0 Å². The molecule has 6 nitrogen and oxygen atoms in total. The first-order chi connectivity index (χ1) is 10.1. The Bertz CT molecular complexity index is 537. The lowest BCUT2D eigenvalue weighted by atomic mass is 10.1. The number of carbonyl (C=O) groups is 1. The van der Waals surface area contributed by atoms with E-state index in [-0.39, 0.29) is 18.4 Å². The van der Waals surface area contributed by atoms with E-state index in [9.17, 15) is 4.79 Å². The number of nitrogens with one attached hydrogen (secondary N) is 1. The molecule has 0 saturated heterocycles. The topological polar surface area (TPSA) is 80.6 Å². The molecule has 114 valence electrons. The van der Waals surface area contributed by atoms with Gasteiger partial charge in [-0.1, -0.05) is 6.92 Å². The van der Waals surface area contributed by atoms with E-state index in [0.29, 0.717) is 29.2 Å². The molecule has 0 heterocycles. The largest absolute Gasteiger partial charge is 0.496 e. The van der Waals surface area contributed by atoms with Crippen molar-refractivity contribution in [3.05, 3.63) is 17.7 Å². The molecule has 0 spiro atoms. The lowest BCUT2D eigenvalue weighted by Gasteiger charge is -2.17. The third kappa shape index (κ3) is 4.02. The molecule has 0 aromatic heterocycles. The van der Waals surface area contributed by atoms with Gasteiger partial charge in [0.2, 0.25) is 0 Å². The average molecular weight is 292 g/mol. The van der Waals surface area contributed by atoms with E-state index < -0.39 is 0 Å². The van der Waals surface area contributed by atoms with Crippen molar-refractivity contribution in [1.29, 1.82) is 5.26 Å². The van der Waals surface area contributed by atoms with Crippen LogP contribution in [0.4, 0.5) is 0 Å². The maximum Gasteiger partial charge on any atom is 0.255 e. The van der Waals surface area contributed by atoms with Crippen LogP contribution in [-0.2, 0) is 0 Å². The van der Waals surface area contributed by atoms with Gasteiger partial charge in [-0.05, 0) is 6.42 Å². The zero-order chi connectivity index (χ0) is 15.8. The van der Waals surface area contributed by atoms with Crippen LogP contribution in [0.2, 0.25) is 0 Å². The molecule has 1 N–H and O–H groups in total. The molecule has 21 heavy (non-hydrogen) atoms. The molecule has 0 aliphatic rings. The van der Waals surface area contributed by atoms with Gasteiger partial charge in [-0.25, -0.2) is 0 Å². The normalized spacial score (nSPS) is 11.2. The summed E-state index contributed by atoms with van der Waals surface area (Å²) in [6, 6.07) is 5.02. The molecule has 1 aromatic carbocycles. The van der Waals surface area contributed by atoms with E-state index in [4.69, 9.17) is 19.5 Å². The molecule has 0 saturated carbocycles. The minimum atomic E-state index is -0.310. The third-order valence-corrected chi connectivity index (χ3v) is 3.12. The van der Waals surface area contributed by atoms with Gasteiger partial charge in [0.15, 0.2) is 11.5 Å². The monoisotopic (exact) mass is 292 g/mol. The van der Waals surface area contributed by atoms with Crippen molar-refractivity contribution in [2.75, 3.05) is 21.3 Å². The third-order valence-electron chi connectivity index (χ3n) is 3.12. The Morgan fingerprint density at radius 3 is 2.24 bits per heavy atom. The number of hydrogen-bond donors (Lipinski definition) is 1. The Morgan fingerprint density at radius 2 is 1.76 bits per heavy atom.